The topological polar surface area (TPSA) is 125 Å². The van der Waals surface area contributed by atoms with Crippen LogP contribution in [0.1, 0.15) is 41.0 Å². The van der Waals surface area contributed by atoms with Gasteiger partial charge >= 0.3 is 18.6 Å². The molecule has 8 nitrogen and oxygen atoms in total. The van der Waals surface area contributed by atoms with Crippen LogP contribution in [0, 0.1) is 23.0 Å². The van der Waals surface area contributed by atoms with Crippen molar-refractivity contribution >= 4 is 45.9 Å². The molecule has 2 heterocycles. The van der Waals surface area contributed by atoms with E-state index in [0.29, 0.717) is 6.07 Å². The van der Waals surface area contributed by atoms with E-state index in [1.807, 2.05) is 0 Å². The van der Waals surface area contributed by atoms with Gasteiger partial charge in [-0.15, -0.1) is 12.4 Å². The fourth-order valence-corrected chi connectivity index (χ4v) is 3.39. The van der Waals surface area contributed by atoms with Crippen molar-refractivity contribution < 1.29 is 42.1 Å². The number of carboxylic acids is 2. The Labute approximate surface area is 203 Å². The standard InChI is InChI=1S/C18H11BrF4N2O5.C2H3N.ClH/c19-10-6-25-13(5-11(10)21)24-15(17(28)29)16(25)9(4-14(26)27)8-2-1-7(20)3-12(8)30-18(22)23;1-2-3;/h1-3,5-6,9,18H,4H2,(H,26,27)(H,28,29);1H3;1H. The summed E-state index contributed by atoms with van der Waals surface area (Å²) in [5.74, 6) is -6.70. The first-order valence-electron chi connectivity index (χ1n) is 8.87. The first-order chi connectivity index (χ1) is 15.5. The van der Waals surface area contributed by atoms with Crippen molar-refractivity contribution in [2.45, 2.75) is 25.9 Å². The lowest BCUT2D eigenvalue weighted by atomic mass is 9.90. The summed E-state index contributed by atoms with van der Waals surface area (Å²) in [6.07, 6.45) is 0.361. The van der Waals surface area contributed by atoms with Crippen LogP contribution in [0.25, 0.3) is 5.65 Å². The molecule has 0 aliphatic rings. The zero-order valence-electron chi connectivity index (χ0n) is 17.0. The predicted octanol–water partition coefficient (Wildman–Crippen LogP) is 5.23. The fourth-order valence-electron chi connectivity index (χ4n) is 3.07. The minimum Gasteiger partial charge on any atom is -0.481 e. The van der Waals surface area contributed by atoms with Gasteiger partial charge < -0.3 is 19.4 Å². The number of carboxylic acid groups (broad SMARTS) is 2. The molecule has 2 aromatic heterocycles. The van der Waals surface area contributed by atoms with Gasteiger partial charge in [0.05, 0.1) is 22.7 Å². The summed E-state index contributed by atoms with van der Waals surface area (Å²) < 4.78 is 58.6. The number of hydrogen-bond donors (Lipinski definition) is 2. The maximum atomic E-state index is 13.9. The van der Waals surface area contributed by atoms with Crippen LogP contribution in [0.5, 0.6) is 5.75 Å². The Hall–Kier alpha value is -3.37. The molecule has 0 spiro atoms. The second-order valence-electron chi connectivity index (χ2n) is 6.28. The number of pyridine rings is 1. The molecular formula is C20H15BrClF4N3O5. The lowest BCUT2D eigenvalue weighted by molar-refractivity contribution is -0.137. The minimum absolute atomic E-state index is 0. The van der Waals surface area contributed by atoms with Gasteiger partial charge in [-0.3, -0.25) is 4.79 Å². The van der Waals surface area contributed by atoms with Crippen LogP contribution >= 0.6 is 28.3 Å². The molecule has 0 fully saturated rings. The van der Waals surface area contributed by atoms with Crippen LogP contribution in [0.15, 0.2) is 34.9 Å². The maximum Gasteiger partial charge on any atom is 0.387 e. The molecule has 0 aliphatic heterocycles. The van der Waals surface area contributed by atoms with E-state index in [2.05, 4.69) is 25.7 Å². The third-order valence-electron chi connectivity index (χ3n) is 4.18. The SMILES string of the molecule is CC#N.Cl.O=C(O)CC(c1ccc(F)cc1OC(F)F)c1c(C(=O)O)nc2cc(F)c(Br)cn12. The van der Waals surface area contributed by atoms with Gasteiger partial charge in [0, 0.05) is 36.7 Å². The summed E-state index contributed by atoms with van der Waals surface area (Å²) in [7, 11) is 0. The highest BCUT2D eigenvalue weighted by Crippen LogP contribution is 2.38. The third-order valence-corrected chi connectivity index (χ3v) is 4.76. The van der Waals surface area contributed by atoms with E-state index in [1.165, 1.54) is 6.92 Å². The Morgan fingerprint density at radius 2 is 1.88 bits per heavy atom. The number of benzene rings is 1. The Balaban J connectivity index is 0.00000137. The van der Waals surface area contributed by atoms with Crippen molar-refractivity contribution in [3.05, 3.63) is 63.5 Å². The van der Waals surface area contributed by atoms with Gasteiger partial charge in [0.1, 0.15) is 23.0 Å². The van der Waals surface area contributed by atoms with Crippen LogP contribution < -0.4 is 4.74 Å². The normalized spacial score (nSPS) is 11.1. The van der Waals surface area contributed by atoms with E-state index < -0.39 is 54.0 Å². The van der Waals surface area contributed by atoms with E-state index >= 15 is 0 Å². The molecule has 2 N–H and O–H groups in total. The molecule has 1 atom stereocenters. The zero-order valence-corrected chi connectivity index (χ0v) is 19.4. The molecular weight excluding hydrogens is 554 g/mol. The molecule has 1 unspecified atom stereocenters. The first kappa shape index (κ1) is 28.7. The molecule has 0 saturated heterocycles. The summed E-state index contributed by atoms with van der Waals surface area (Å²) >= 11 is 2.95. The Bertz CT molecular complexity index is 1250. The van der Waals surface area contributed by atoms with Crippen molar-refractivity contribution in [1.82, 2.24) is 9.38 Å². The summed E-state index contributed by atoms with van der Waals surface area (Å²) in [5, 5.41) is 26.2. The minimum atomic E-state index is -3.35. The molecule has 0 radical (unpaired) electrons. The number of aromatic nitrogens is 2. The average molecular weight is 569 g/mol. The first-order valence-corrected chi connectivity index (χ1v) is 9.66. The number of hydrogen-bond acceptors (Lipinski definition) is 5. The molecule has 0 aliphatic carbocycles. The number of imidazole rings is 1. The molecule has 0 bridgehead atoms. The highest BCUT2D eigenvalue weighted by atomic mass is 79.9. The Kier molecular flexibility index (Phi) is 10.3. The molecule has 1 aromatic carbocycles. The van der Waals surface area contributed by atoms with E-state index in [0.717, 1.165) is 28.8 Å². The van der Waals surface area contributed by atoms with Gasteiger partial charge in [-0.2, -0.15) is 14.0 Å². The van der Waals surface area contributed by atoms with Gasteiger partial charge in [0.25, 0.3) is 0 Å². The highest BCUT2D eigenvalue weighted by molar-refractivity contribution is 9.10. The van der Waals surface area contributed by atoms with Crippen molar-refractivity contribution in [1.29, 1.82) is 5.26 Å². The number of rotatable bonds is 7. The second kappa shape index (κ2) is 12.2. The van der Waals surface area contributed by atoms with E-state index in [9.17, 15) is 37.4 Å². The van der Waals surface area contributed by atoms with E-state index in [-0.39, 0.29) is 33.8 Å². The maximum absolute atomic E-state index is 13.9. The number of nitrogens with zero attached hydrogens (tertiary/aromatic N) is 3. The summed E-state index contributed by atoms with van der Waals surface area (Å²) in [6.45, 7) is -1.92. The summed E-state index contributed by atoms with van der Waals surface area (Å²) in [6, 6.07) is 5.21. The van der Waals surface area contributed by atoms with Crippen LogP contribution in [0.4, 0.5) is 17.6 Å². The van der Waals surface area contributed by atoms with E-state index in [1.54, 1.807) is 6.07 Å². The monoisotopic (exact) mass is 567 g/mol. The molecule has 182 valence electrons. The van der Waals surface area contributed by atoms with Gasteiger partial charge in [-0.05, 0) is 22.0 Å². The number of aliphatic carboxylic acids is 1. The molecule has 3 rings (SSSR count). The molecule has 0 amide bonds. The zero-order chi connectivity index (χ0) is 24.9. The average Bonchev–Trinajstić information content (AvgIpc) is 3.05. The lowest BCUT2D eigenvalue weighted by Gasteiger charge is -2.20. The van der Waals surface area contributed by atoms with Gasteiger partial charge in [-0.25, -0.2) is 18.6 Å². The van der Waals surface area contributed by atoms with Gasteiger partial charge in [0.15, 0.2) is 5.69 Å². The number of nitriles is 1. The highest BCUT2D eigenvalue weighted by Gasteiger charge is 2.32. The number of carbonyl (C=O) groups is 2. The Morgan fingerprint density at radius 1 is 1.26 bits per heavy atom. The van der Waals surface area contributed by atoms with Gasteiger partial charge in [-0.1, -0.05) is 6.07 Å². The number of halogens is 6. The number of ether oxygens (including phenoxy) is 1. The quantitative estimate of drug-likeness (QED) is 0.374. The smallest absolute Gasteiger partial charge is 0.387 e. The van der Waals surface area contributed by atoms with Crippen molar-refractivity contribution in [3.63, 3.8) is 0 Å². The van der Waals surface area contributed by atoms with Crippen LogP contribution in [-0.2, 0) is 4.79 Å². The number of aromatic carboxylic acids is 1. The lowest BCUT2D eigenvalue weighted by Crippen LogP contribution is -2.16. The van der Waals surface area contributed by atoms with Crippen molar-refractivity contribution in [2.24, 2.45) is 0 Å². The van der Waals surface area contributed by atoms with Crippen molar-refractivity contribution in [3.8, 4) is 11.8 Å². The number of fused-ring (bicyclic) bond motifs is 1. The van der Waals surface area contributed by atoms with Crippen LogP contribution in [0.2, 0.25) is 0 Å². The fraction of sp³-hybridized carbons (Fsp3) is 0.200. The molecule has 34 heavy (non-hydrogen) atoms. The van der Waals surface area contributed by atoms with Crippen molar-refractivity contribution in [2.75, 3.05) is 0 Å². The Morgan fingerprint density at radius 3 is 2.41 bits per heavy atom. The van der Waals surface area contributed by atoms with Crippen LogP contribution in [0.3, 0.4) is 0 Å². The second-order valence-corrected chi connectivity index (χ2v) is 7.14. The summed E-state index contributed by atoms with van der Waals surface area (Å²) in [4.78, 5) is 27.1. The number of alkyl halides is 2. The molecule has 14 heteroatoms. The summed E-state index contributed by atoms with van der Waals surface area (Å²) in [5.41, 5.74) is -1.21. The van der Waals surface area contributed by atoms with Crippen LogP contribution in [-0.4, -0.2) is 38.1 Å². The third kappa shape index (κ3) is 6.58. The molecule has 0 saturated carbocycles. The van der Waals surface area contributed by atoms with E-state index in [4.69, 9.17) is 5.26 Å². The van der Waals surface area contributed by atoms with Gasteiger partial charge in [0.2, 0.25) is 0 Å². The molecule has 3 aromatic rings. The predicted molar refractivity (Wildman–Crippen MR) is 115 cm³/mol. The largest absolute Gasteiger partial charge is 0.481 e.